The minimum atomic E-state index is -0.555. The van der Waals surface area contributed by atoms with Gasteiger partial charge in [-0.1, -0.05) is 23.2 Å². The molecule has 0 fully saturated rings. The van der Waals surface area contributed by atoms with E-state index in [1.807, 2.05) is 6.07 Å². The molecular weight excluding hydrogens is 328 g/mol. The van der Waals surface area contributed by atoms with Gasteiger partial charge in [0, 0.05) is 10.0 Å². The fraction of sp³-hybridized carbons (Fsp3) is 0.0667. The Morgan fingerprint density at radius 3 is 2.50 bits per heavy atom. The monoisotopic (exact) mass is 337 g/mol. The smallest absolute Gasteiger partial charge is 0.243 e. The van der Waals surface area contributed by atoms with E-state index >= 15 is 0 Å². The van der Waals surface area contributed by atoms with Gasteiger partial charge in [-0.3, -0.25) is 4.79 Å². The van der Waals surface area contributed by atoms with Gasteiger partial charge in [0.1, 0.15) is 11.9 Å². The molecule has 22 heavy (non-hydrogen) atoms. The van der Waals surface area contributed by atoms with Gasteiger partial charge in [0.15, 0.2) is 0 Å². The first-order valence-electron chi connectivity index (χ1n) is 6.18. The highest BCUT2D eigenvalue weighted by atomic mass is 35.5. The Kier molecular flexibility index (Phi) is 5.21. The third-order valence-electron chi connectivity index (χ3n) is 2.75. The summed E-state index contributed by atoms with van der Waals surface area (Å²) in [6.45, 7) is -0.171. The van der Waals surface area contributed by atoms with Crippen molar-refractivity contribution in [1.29, 1.82) is 5.26 Å². The molecule has 0 aliphatic carbocycles. The number of halogens is 3. The molecule has 0 heterocycles. The van der Waals surface area contributed by atoms with Crippen LogP contribution in [0.25, 0.3) is 0 Å². The van der Waals surface area contributed by atoms with Crippen molar-refractivity contribution in [2.75, 3.05) is 17.2 Å². The Morgan fingerprint density at radius 1 is 1.14 bits per heavy atom. The van der Waals surface area contributed by atoms with Crippen LogP contribution < -0.4 is 10.6 Å². The maximum absolute atomic E-state index is 13.6. The predicted octanol–water partition coefficient (Wildman–Crippen LogP) is 4.05. The summed E-state index contributed by atoms with van der Waals surface area (Å²) in [5, 5.41) is 14.8. The van der Waals surface area contributed by atoms with Crippen LogP contribution in [-0.2, 0) is 4.79 Å². The topological polar surface area (TPSA) is 64.9 Å². The second-order valence-electron chi connectivity index (χ2n) is 4.33. The highest BCUT2D eigenvalue weighted by Gasteiger charge is 2.09. The van der Waals surface area contributed by atoms with E-state index in [1.54, 1.807) is 6.07 Å². The van der Waals surface area contributed by atoms with Crippen molar-refractivity contribution in [2.24, 2.45) is 0 Å². The second-order valence-corrected chi connectivity index (χ2v) is 5.20. The summed E-state index contributed by atoms with van der Waals surface area (Å²) in [6.07, 6.45) is 0. The molecule has 0 bridgehead atoms. The first kappa shape index (κ1) is 16.1. The van der Waals surface area contributed by atoms with E-state index in [9.17, 15) is 9.18 Å². The Bertz CT molecular complexity index is 759. The van der Waals surface area contributed by atoms with Crippen LogP contribution >= 0.6 is 23.2 Å². The van der Waals surface area contributed by atoms with Crippen LogP contribution in [-0.4, -0.2) is 12.5 Å². The summed E-state index contributed by atoms with van der Waals surface area (Å²) in [5.74, 6) is -0.992. The molecule has 112 valence electrons. The van der Waals surface area contributed by atoms with E-state index in [-0.39, 0.29) is 22.8 Å². The van der Waals surface area contributed by atoms with Gasteiger partial charge < -0.3 is 10.6 Å². The average Bonchev–Trinajstić information content (AvgIpc) is 2.46. The number of anilines is 2. The molecule has 1 amide bonds. The van der Waals surface area contributed by atoms with Gasteiger partial charge in [-0.25, -0.2) is 4.39 Å². The van der Waals surface area contributed by atoms with Crippen LogP contribution in [0.5, 0.6) is 0 Å². The van der Waals surface area contributed by atoms with E-state index in [0.717, 1.165) is 6.07 Å². The summed E-state index contributed by atoms with van der Waals surface area (Å²) < 4.78 is 13.6. The predicted molar refractivity (Wildman–Crippen MR) is 84.7 cm³/mol. The van der Waals surface area contributed by atoms with Crippen molar-refractivity contribution in [1.82, 2.24) is 0 Å². The minimum absolute atomic E-state index is 0.158. The maximum Gasteiger partial charge on any atom is 0.243 e. The molecular formula is C15H10Cl2FN3O. The van der Waals surface area contributed by atoms with Crippen molar-refractivity contribution in [3.63, 3.8) is 0 Å². The van der Waals surface area contributed by atoms with Gasteiger partial charge in [-0.15, -0.1) is 0 Å². The summed E-state index contributed by atoms with van der Waals surface area (Å²) in [6, 6.07) is 10.6. The van der Waals surface area contributed by atoms with Gasteiger partial charge >= 0.3 is 0 Å². The Labute approximate surface area is 136 Å². The van der Waals surface area contributed by atoms with Crippen LogP contribution in [0.3, 0.4) is 0 Å². The fourth-order valence-corrected chi connectivity index (χ4v) is 2.05. The molecule has 0 unspecified atom stereocenters. The van der Waals surface area contributed by atoms with E-state index in [4.69, 9.17) is 28.5 Å². The fourth-order valence-electron chi connectivity index (χ4n) is 1.72. The summed E-state index contributed by atoms with van der Waals surface area (Å²) >= 11 is 11.5. The zero-order valence-corrected chi connectivity index (χ0v) is 12.7. The number of nitriles is 1. The van der Waals surface area contributed by atoms with Crippen molar-refractivity contribution >= 4 is 40.5 Å². The molecule has 2 aromatic carbocycles. The van der Waals surface area contributed by atoms with Crippen molar-refractivity contribution < 1.29 is 9.18 Å². The number of carbonyl (C=O) groups excluding carboxylic acids is 1. The quantitative estimate of drug-likeness (QED) is 0.884. The number of nitrogens with one attached hydrogen (secondary N) is 2. The normalized spacial score (nSPS) is 9.91. The van der Waals surface area contributed by atoms with E-state index in [0.29, 0.717) is 10.7 Å². The van der Waals surface area contributed by atoms with Gasteiger partial charge in [0.25, 0.3) is 0 Å². The van der Waals surface area contributed by atoms with Gasteiger partial charge in [0.05, 0.1) is 23.5 Å². The van der Waals surface area contributed by atoms with E-state index in [2.05, 4.69) is 10.6 Å². The molecule has 0 radical (unpaired) electrons. The highest BCUT2D eigenvalue weighted by molar-refractivity contribution is 6.31. The molecule has 0 atom stereocenters. The van der Waals surface area contributed by atoms with E-state index in [1.165, 1.54) is 24.3 Å². The second kappa shape index (κ2) is 7.12. The maximum atomic E-state index is 13.6. The van der Waals surface area contributed by atoms with Crippen LogP contribution in [0.4, 0.5) is 15.8 Å². The summed E-state index contributed by atoms with van der Waals surface area (Å²) in [7, 11) is 0. The van der Waals surface area contributed by atoms with Crippen LogP contribution in [0.2, 0.25) is 10.0 Å². The van der Waals surface area contributed by atoms with Crippen molar-refractivity contribution in [2.45, 2.75) is 0 Å². The standard InChI is InChI=1S/C15H10Cl2FN3O/c16-10-3-4-13(12(18)5-10)20-8-15(22)21-14-6-11(17)2-1-9(14)7-19/h1-6,20H,8H2,(H,21,22). The van der Waals surface area contributed by atoms with E-state index < -0.39 is 11.7 Å². The Morgan fingerprint density at radius 2 is 1.82 bits per heavy atom. The number of rotatable bonds is 4. The molecule has 2 N–H and O–H groups in total. The van der Waals surface area contributed by atoms with Gasteiger partial charge in [-0.2, -0.15) is 5.26 Å². The van der Waals surface area contributed by atoms with Crippen molar-refractivity contribution in [3.8, 4) is 6.07 Å². The lowest BCUT2D eigenvalue weighted by Crippen LogP contribution is -2.22. The summed E-state index contributed by atoms with van der Waals surface area (Å²) in [5.41, 5.74) is 0.750. The number of carbonyl (C=O) groups is 1. The molecule has 4 nitrogen and oxygen atoms in total. The minimum Gasteiger partial charge on any atom is -0.374 e. The van der Waals surface area contributed by atoms with Crippen molar-refractivity contribution in [3.05, 3.63) is 57.8 Å². The molecule has 0 aliphatic heterocycles. The summed E-state index contributed by atoms with van der Waals surface area (Å²) in [4.78, 5) is 11.9. The third kappa shape index (κ3) is 4.10. The molecule has 0 saturated heterocycles. The SMILES string of the molecule is N#Cc1ccc(Cl)cc1NC(=O)CNc1ccc(Cl)cc1F. The molecule has 2 rings (SSSR count). The first-order valence-corrected chi connectivity index (χ1v) is 6.93. The lowest BCUT2D eigenvalue weighted by molar-refractivity contribution is -0.114. The van der Waals surface area contributed by atoms with Gasteiger partial charge in [0.2, 0.25) is 5.91 Å². The third-order valence-corrected chi connectivity index (χ3v) is 3.22. The molecule has 0 aromatic heterocycles. The number of amides is 1. The lowest BCUT2D eigenvalue weighted by Gasteiger charge is -2.10. The Balaban J connectivity index is 2.02. The molecule has 2 aromatic rings. The average molecular weight is 338 g/mol. The molecule has 0 spiro atoms. The largest absolute Gasteiger partial charge is 0.374 e. The first-order chi connectivity index (χ1) is 10.5. The zero-order valence-electron chi connectivity index (χ0n) is 11.2. The van der Waals surface area contributed by atoms with Crippen LogP contribution in [0.1, 0.15) is 5.56 Å². The number of hydrogen-bond acceptors (Lipinski definition) is 3. The number of nitrogens with zero attached hydrogens (tertiary/aromatic N) is 1. The lowest BCUT2D eigenvalue weighted by atomic mass is 10.2. The van der Waals surface area contributed by atoms with Crippen LogP contribution in [0, 0.1) is 17.1 Å². The zero-order chi connectivity index (χ0) is 16.1. The van der Waals surface area contributed by atoms with Gasteiger partial charge in [-0.05, 0) is 36.4 Å². The number of benzene rings is 2. The molecule has 0 saturated carbocycles. The highest BCUT2D eigenvalue weighted by Crippen LogP contribution is 2.21. The molecule has 0 aliphatic rings. The van der Waals surface area contributed by atoms with Crippen LogP contribution in [0.15, 0.2) is 36.4 Å². The molecule has 7 heteroatoms. The Hall–Kier alpha value is -2.29. The number of hydrogen-bond donors (Lipinski definition) is 2.